The zero-order valence-electron chi connectivity index (χ0n) is 17.1. The smallest absolute Gasteiger partial charge is 0.315 e. The fourth-order valence-electron chi connectivity index (χ4n) is 4.02. The van der Waals surface area contributed by atoms with Crippen molar-refractivity contribution < 1.29 is 14.4 Å². The molecule has 158 valence electrons. The highest BCUT2D eigenvalue weighted by molar-refractivity contribution is 5.83. The highest BCUT2D eigenvalue weighted by Crippen LogP contribution is 2.25. The molecular weight excluding hydrogens is 370 g/mol. The number of fused-ring (bicyclic) bond motifs is 1. The Labute approximate surface area is 171 Å². The van der Waals surface area contributed by atoms with Gasteiger partial charge in [-0.1, -0.05) is 30.3 Å². The number of carbonyl (C=O) groups is 3. The Morgan fingerprint density at radius 1 is 1.24 bits per heavy atom. The van der Waals surface area contributed by atoms with E-state index in [1.54, 1.807) is 0 Å². The fourth-order valence-corrected chi connectivity index (χ4v) is 4.02. The summed E-state index contributed by atoms with van der Waals surface area (Å²) in [5, 5.41) is 11.7. The standard InChI is InChI=1S/C21H31N5O3/c1-14(2)24-21(29)25-16-10-18-20(28)23-12-17(26(18)13-16)8-9-19(27)22-11-15-6-4-3-5-7-15/h3-7,14,16-18H,8-13H2,1-2H3,(H,22,27)(H,23,28)(H2,24,25,29)/t16-,17+,18-/m0/s1. The van der Waals surface area contributed by atoms with Gasteiger partial charge >= 0.3 is 6.03 Å². The Bertz CT molecular complexity index is 724. The summed E-state index contributed by atoms with van der Waals surface area (Å²) in [4.78, 5) is 38.6. The van der Waals surface area contributed by atoms with Gasteiger partial charge in [0.15, 0.2) is 0 Å². The Morgan fingerprint density at radius 2 is 2.00 bits per heavy atom. The van der Waals surface area contributed by atoms with E-state index in [2.05, 4.69) is 26.2 Å². The molecule has 3 rings (SSSR count). The Kier molecular flexibility index (Phi) is 7.09. The second kappa shape index (κ2) is 9.73. The molecule has 8 nitrogen and oxygen atoms in total. The van der Waals surface area contributed by atoms with E-state index in [4.69, 9.17) is 0 Å². The molecule has 0 aliphatic carbocycles. The van der Waals surface area contributed by atoms with Crippen molar-refractivity contribution in [1.82, 2.24) is 26.2 Å². The second-order valence-corrected chi connectivity index (χ2v) is 8.12. The van der Waals surface area contributed by atoms with Gasteiger partial charge in [-0.25, -0.2) is 4.79 Å². The molecular formula is C21H31N5O3. The summed E-state index contributed by atoms with van der Waals surface area (Å²) in [5.74, 6) is 0.0100. The lowest BCUT2D eigenvalue weighted by Gasteiger charge is -2.37. The van der Waals surface area contributed by atoms with E-state index in [1.807, 2.05) is 44.2 Å². The lowest BCUT2D eigenvalue weighted by molar-refractivity contribution is -0.129. The molecule has 0 aromatic heterocycles. The van der Waals surface area contributed by atoms with E-state index in [9.17, 15) is 14.4 Å². The van der Waals surface area contributed by atoms with E-state index in [0.29, 0.717) is 38.9 Å². The minimum Gasteiger partial charge on any atom is -0.353 e. The van der Waals surface area contributed by atoms with Crippen LogP contribution in [0.2, 0.25) is 0 Å². The zero-order valence-corrected chi connectivity index (χ0v) is 17.1. The average Bonchev–Trinajstić information content (AvgIpc) is 3.10. The van der Waals surface area contributed by atoms with Crippen molar-refractivity contribution in [2.75, 3.05) is 13.1 Å². The third-order valence-electron chi connectivity index (χ3n) is 5.42. The van der Waals surface area contributed by atoms with E-state index in [0.717, 1.165) is 5.56 Å². The van der Waals surface area contributed by atoms with Crippen molar-refractivity contribution >= 4 is 17.8 Å². The molecule has 0 bridgehead atoms. The van der Waals surface area contributed by atoms with Crippen LogP contribution >= 0.6 is 0 Å². The third-order valence-corrected chi connectivity index (χ3v) is 5.42. The van der Waals surface area contributed by atoms with E-state index in [-0.39, 0.29) is 42.0 Å². The molecule has 0 spiro atoms. The normalized spacial score (nSPS) is 24.0. The average molecular weight is 402 g/mol. The molecule has 2 aliphatic heterocycles. The molecule has 0 saturated carbocycles. The maximum Gasteiger partial charge on any atom is 0.315 e. The van der Waals surface area contributed by atoms with Crippen LogP contribution in [0.5, 0.6) is 0 Å². The fraction of sp³-hybridized carbons (Fsp3) is 0.571. The summed E-state index contributed by atoms with van der Waals surface area (Å²) in [6.07, 6.45) is 1.67. The van der Waals surface area contributed by atoms with Crippen LogP contribution in [-0.4, -0.2) is 60.0 Å². The van der Waals surface area contributed by atoms with E-state index >= 15 is 0 Å². The van der Waals surface area contributed by atoms with Gasteiger partial charge in [0, 0.05) is 44.2 Å². The number of hydrogen-bond acceptors (Lipinski definition) is 4. The van der Waals surface area contributed by atoms with Gasteiger partial charge in [0.05, 0.1) is 6.04 Å². The first-order valence-corrected chi connectivity index (χ1v) is 10.3. The number of nitrogens with zero attached hydrogens (tertiary/aromatic N) is 1. The monoisotopic (exact) mass is 401 g/mol. The number of carbonyl (C=O) groups excluding carboxylic acids is 3. The molecule has 4 N–H and O–H groups in total. The number of amides is 4. The maximum absolute atomic E-state index is 12.3. The number of rotatable bonds is 7. The minimum atomic E-state index is -0.245. The highest BCUT2D eigenvalue weighted by atomic mass is 16.2. The van der Waals surface area contributed by atoms with Crippen LogP contribution in [0.3, 0.4) is 0 Å². The molecule has 0 radical (unpaired) electrons. The van der Waals surface area contributed by atoms with Crippen LogP contribution in [0.15, 0.2) is 30.3 Å². The molecule has 1 aromatic rings. The predicted molar refractivity (Wildman–Crippen MR) is 110 cm³/mol. The van der Waals surface area contributed by atoms with E-state index < -0.39 is 0 Å². The number of hydrogen-bond donors (Lipinski definition) is 4. The number of benzene rings is 1. The Balaban J connectivity index is 1.48. The van der Waals surface area contributed by atoms with Crippen LogP contribution in [0.25, 0.3) is 0 Å². The first kappa shape index (κ1) is 21.1. The van der Waals surface area contributed by atoms with Crippen LogP contribution in [-0.2, 0) is 16.1 Å². The topological polar surface area (TPSA) is 103 Å². The molecule has 2 fully saturated rings. The van der Waals surface area contributed by atoms with Crippen LogP contribution in [0, 0.1) is 0 Å². The molecule has 3 atom stereocenters. The maximum atomic E-state index is 12.3. The molecule has 2 aliphatic rings. The predicted octanol–water partition coefficient (Wildman–Crippen LogP) is 0.732. The van der Waals surface area contributed by atoms with Crippen LogP contribution in [0.4, 0.5) is 4.79 Å². The van der Waals surface area contributed by atoms with Crippen LogP contribution in [0.1, 0.15) is 38.7 Å². The molecule has 0 unspecified atom stereocenters. The van der Waals surface area contributed by atoms with Gasteiger partial charge in [-0.15, -0.1) is 0 Å². The van der Waals surface area contributed by atoms with Gasteiger partial charge in [0.1, 0.15) is 0 Å². The number of piperazine rings is 1. The molecule has 2 saturated heterocycles. The summed E-state index contributed by atoms with van der Waals surface area (Å²) in [7, 11) is 0. The number of urea groups is 1. The first-order chi connectivity index (χ1) is 13.9. The quantitative estimate of drug-likeness (QED) is 0.541. The summed E-state index contributed by atoms with van der Waals surface area (Å²) in [5.41, 5.74) is 1.07. The lowest BCUT2D eigenvalue weighted by Crippen LogP contribution is -2.58. The highest BCUT2D eigenvalue weighted by Gasteiger charge is 2.43. The van der Waals surface area contributed by atoms with Crippen molar-refractivity contribution in [2.45, 2.75) is 63.8 Å². The van der Waals surface area contributed by atoms with Crippen molar-refractivity contribution in [3.8, 4) is 0 Å². The van der Waals surface area contributed by atoms with Gasteiger partial charge in [-0.3, -0.25) is 14.5 Å². The summed E-state index contributed by atoms with van der Waals surface area (Å²) < 4.78 is 0. The first-order valence-electron chi connectivity index (χ1n) is 10.3. The third kappa shape index (κ3) is 5.93. The number of nitrogens with one attached hydrogen (secondary N) is 4. The van der Waals surface area contributed by atoms with Crippen molar-refractivity contribution in [1.29, 1.82) is 0 Å². The van der Waals surface area contributed by atoms with Gasteiger partial charge in [-0.2, -0.15) is 0 Å². The Morgan fingerprint density at radius 3 is 2.72 bits per heavy atom. The summed E-state index contributed by atoms with van der Waals surface area (Å²) >= 11 is 0. The molecule has 2 heterocycles. The van der Waals surface area contributed by atoms with Crippen molar-refractivity contribution in [3.05, 3.63) is 35.9 Å². The summed E-state index contributed by atoms with van der Waals surface area (Å²) in [6, 6.07) is 9.44. The molecule has 4 amide bonds. The van der Waals surface area contributed by atoms with Crippen LogP contribution < -0.4 is 21.3 Å². The Hall–Kier alpha value is -2.61. The SMILES string of the molecule is CC(C)NC(=O)N[C@H]1C[C@H]2C(=O)NC[C@@H](CCC(=O)NCc3ccccc3)N2C1. The lowest BCUT2D eigenvalue weighted by atomic mass is 10.0. The minimum absolute atomic E-state index is 0.00310. The van der Waals surface area contributed by atoms with Gasteiger partial charge in [0.2, 0.25) is 11.8 Å². The van der Waals surface area contributed by atoms with Gasteiger partial charge < -0.3 is 21.3 Å². The van der Waals surface area contributed by atoms with Gasteiger partial charge in [-0.05, 0) is 32.3 Å². The zero-order chi connectivity index (χ0) is 20.8. The summed E-state index contributed by atoms with van der Waals surface area (Å²) in [6.45, 7) is 5.49. The van der Waals surface area contributed by atoms with Crippen molar-refractivity contribution in [3.63, 3.8) is 0 Å². The van der Waals surface area contributed by atoms with Gasteiger partial charge in [0.25, 0.3) is 0 Å². The molecule has 1 aromatic carbocycles. The molecule has 8 heteroatoms. The van der Waals surface area contributed by atoms with E-state index in [1.165, 1.54) is 0 Å². The second-order valence-electron chi connectivity index (χ2n) is 8.12. The largest absolute Gasteiger partial charge is 0.353 e. The molecule has 29 heavy (non-hydrogen) atoms. The van der Waals surface area contributed by atoms with Crippen molar-refractivity contribution in [2.24, 2.45) is 0 Å².